The summed E-state index contributed by atoms with van der Waals surface area (Å²) in [6.45, 7) is 2.20. The molecule has 0 saturated carbocycles. The zero-order valence-electron chi connectivity index (χ0n) is 4.38. The molecule has 0 bridgehead atoms. The molecule has 0 aromatic carbocycles. The number of hydrogen-bond acceptors (Lipinski definition) is 0. The molecule has 0 aliphatic rings. The van der Waals surface area contributed by atoms with Crippen molar-refractivity contribution in [3.8, 4) is 0 Å². The van der Waals surface area contributed by atoms with Crippen molar-refractivity contribution in [1.29, 1.82) is 0 Å². The number of hydrogen-bond donors (Lipinski definition) is 0. The average molecular weight is 323 g/mol. The maximum atomic E-state index is 2.70. The van der Waals surface area contributed by atoms with Crippen LogP contribution in [0.25, 0.3) is 0 Å². The van der Waals surface area contributed by atoms with E-state index in [9.17, 15) is 0 Å². The minimum atomic E-state index is 0. The minimum Gasteiger partial charge on any atom is -1.00 e. The summed E-state index contributed by atoms with van der Waals surface area (Å²) < 4.78 is 0. The summed E-state index contributed by atoms with van der Waals surface area (Å²) in [5.74, 6) is 0. The molecule has 0 aliphatic carbocycles. The Morgan fingerprint density at radius 1 is 1.43 bits per heavy atom. The molecule has 0 nitrogen and oxygen atoms in total. The van der Waals surface area contributed by atoms with Gasteiger partial charge in [0.25, 0.3) is 0 Å². The molecular formula is C4H11AuClP. The van der Waals surface area contributed by atoms with Gasteiger partial charge in [-0.2, -0.15) is 0 Å². The second-order valence-corrected chi connectivity index (χ2v) is 1.72. The summed E-state index contributed by atoms with van der Waals surface area (Å²) in [5, 5.41) is 0. The van der Waals surface area contributed by atoms with E-state index in [1.165, 1.54) is 19.0 Å². The summed E-state index contributed by atoms with van der Waals surface area (Å²) in [6.07, 6.45) is 3.94. The second-order valence-electron chi connectivity index (χ2n) is 1.14. The summed E-state index contributed by atoms with van der Waals surface area (Å²) in [5.41, 5.74) is 0. The fraction of sp³-hybridized carbons (Fsp3) is 1.00. The Bertz CT molecular complexity index is 19.2. The van der Waals surface area contributed by atoms with Crippen LogP contribution in [0.15, 0.2) is 0 Å². The molecule has 0 spiro atoms. The van der Waals surface area contributed by atoms with E-state index < -0.39 is 0 Å². The van der Waals surface area contributed by atoms with Crippen LogP contribution in [0, 0.1) is 0 Å². The number of rotatable bonds is 2. The third kappa shape index (κ3) is 18.6. The molecule has 0 aromatic rings. The molecule has 0 aliphatic heterocycles. The molecule has 0 heterocycles. The summed E-state index contributed by atoms with van der Waals surface area (Å²) >= 11 is 0. The van der Waals surface area contributed by atoms with E-state index in [-0.39, 0.29) is 34.8 Å². The standard InChI is InChI=1S/C4H11P.Au.ClH/c1-2-3-4-5;;/h2-5H2,1H3;;1H/q;+1;/p-1. The van der Waals surface area contributed by atoms with Gasteiger partial charge in [-0.15, -0.1) is 9.24 Å². The predicted octanol–water partition coefficient (Wildman–Crippen LogP) is -1.34. The van der Waals surface area contributed by atoms with Gasteiger partial charge >= 0.3 is 22.4 Å². The zero-order valence-corrected chi connectivity index (χ0v) is 8.46. The van der Waals surface area contributed by atoms with Gasteiger partial charge in [-0.3, -0.25) is 0 Å². The van der Waals surface area contributed by atoms with Crippen LogP contribution in [-0.2, 0) is 22.4 Å². The molecule has 7 heavy (non-hydrogen) atoms. The molecule has 0 amide bonds. The fourth-order valence-corrected chi connectivity index (χ4v) is 0.612. The van der Waals surface area contributed by atoms with Crippen LogP contribution >= 0.6 is 9.24 Å². The van der Waals surface area contributed by atoms with Crippen molar-refractivity contribution >= 4 is 9.24 Å². The monoisotopic (exact) mass is 322 g/mol. The molecule has 50 valence electrons. The van der Waals surface area contributed by atoms with Crippen LogP contribution in [0.5, 0.6) is 0 Å². The van der Waals surface area contributed by atoms with E-state index in [0.717, 1.165) is 0 Å². The maximum Gasteiger partial charge on any atom is 1.00 e. The molecule has 3 heteroatoms. The molecule has 1 unspecified atom stereocenters. The predicted molar refractivity (Wildman–Crippen MR) is 29.5 cm³/mol. The van der Waals surface area contributed by atoms with E-state index in [1.807, 2.05) is 0 Å². The molecule has 0 fully saturated rings. The normalized spacial score (nSPS) is 6.00. The fourth-order valence-electron chi connectivity index (χ4n) is 0.204. The first kappa shape index (κ1) is 15.8. The maximum absolute atomic E-state index is 2.70. The average Bonchev–Trinajstić information content (AvgIpc) is 1.41. The van der Waals surface area contributed by atoms with Crippen molar-refractivity contribution < 1.29 is 34.8 Å². The SMILES string of the molecule is CCCCP.[Au+].[Cl-]. The molecule has 0 saturated heterocycles. The van der Waals surface area contributed by atoms with E-state index in [2.05, 4.69) is 16.2 Å². The van der Waals surface area contributed by atoms with Gasteiger partial charge in [0.2, 0.25) is 0 Å². The quantitative estimate of drug-likeness (QED) is 0.436. The van der Waals surface area contributed by atoms with Crippen LogP contribution in [0.1, 0.15) is 19.8 Å². The van der Waals surface area contributed by atoms with Crippen LogP contribution < -0.4 is 12.4 Å². The molecule has 1 atom stereocenters. The van der Waals surface area contributed by atoms with Crippen LogP contribution in [-0.4, -0.2) is 6.16 Å². The first-order valence-corrected chi connectivity index (χ1v) is 2.93. The van der Waals surface area contributed by atoms with Gasteiger partial charge in [-0.1, -0.05) is 19.8 Å². The van der Waals surface area contributed by atoms with Gasteiger partial charge < -0.3 is 12.4 Å². The molecule has 0 N–H and O–H groups in total. The Morgan fingerprint density at radius 2 is 1.86 bits per heavy atom. The summed E-state index contributed by atoms with van der Waals surface area (Å²) in [7, 11) is 2.70. The van der Waals surface area contributed by atoms with Gasteiger partial charge in [0, 0.05) is 0 Å². The van der Waals surface area contributed by atoms with Gasteiger partial charge in [-0.25, -0.2) is 0 Å². The Kier molecular flexibility index (Phi) is 35.3. The van der Waals surface area contributed by atoms with E-state index in [0.29, 0.717) is 0 Å². The Labute approximate surface area is 70.0 Å². The Balaban J connectivity index is -0.0000000800. The van der Waals surface area contributed by atoms with Crippen molar-refractivity contribution in [2.24, 2.45) is 0 Å². The van der Waals surface area contributed by atoms with E-state index in [4.69, 9.17) is 0 Å². The smallest absolute Gasteiger partial charge is 1.00 e. The Morgan fingerprint density at radius 3 is 1.86 bits per heavy atom. The van der Waals surface area contributed by atoms with Crippen molar-refractivity contribution in [1.82, 2.24) is 0 Å². The summed E-state index contributed by atoms with van der Waals surface area (Å²) in [6, 6.07) is 0. The third-order valence-corrected chi connectivity index (χ3v) is 0.966. The molecular weight excluding hydrogens is 311 g/mol. The first-order chi connectivity index (χ1) is 2.41. The summed E-state index contributed by atoms with van der Waals surface area (Å²) in [4.78, 5) is 0. The molecule has 0 aromatic heterocycles. The van der Waals surface area contributed by atoms with Gasteiger partial charge in [0.1, 0.15) is 0 Å². The van der Waals surface area contributed by atoms with Crippen LogP contribution in [0.2, 0.25) is 0 Å². The largest absolute Gasteiger partial charge is 1.00 e. The first-order valence-electron chi connectivity index (χ1n) is 2.12. The molecule has 0 rings (SSSR count). The Hall–Kier alpha value is 1.46. The number of halogens is 1. The topological polar surface area (TPSA) is 0 Å². The third-order valence-electron chi connectivity index (χ3n) is 0.558. The van der Waals surface area contributed by atoms with Crippen molar-refractivity contribution in [2.75, 3.05) is 6.16 Å². The van der Waals surface area contributed by atoms with Gasteiger partial charge in [-0.05, 0) is 6.16 Å². The van der Waals surface area contributed by atoms with Gasteiger partial charge in [0.15, 0.2) is 0 Å². The van der Waals surface area contributed by atoms with Crippen molar-refractivity contribution in [3.05, 3.63) is 0 Å². The number of unbranched alkanes of at least 4 members (excludes halogenated alkanes) is 1. The van der Waals surface area contributed by atoms with E-state index in [1.54, 1.807) is 0 Å². The van der Waals surface area contributed by atoms with Crippen molar-refractivity contribution in [2.45, 2.75) is 19.8 Å². The van der Waals surface area contributed by atoms with E-state index >= 15 is 0 Å². The zero-order chi connectivity index (χ0) is 4.12. The van der Waals surface area contributed by atoms with Crippen LogP contribution in [0.4, 0.5) is 0 Å². The van der Waals surface area contributed by atoms with Crippen molar-refractivity contribution in [3.63, 3.8) is 0 Å². The second kappa shape index (κ2) is 15.7. The van der Waals surface area contributed by atoms with Gasteiger partial charge in [0.05, 0.1) is 0 Å². The molecule has 0 radical (unpaired) electrons. The van der Waals surface area contributed by atoms with Crippen LogP contribution in [0.3, 0.4) is 0 Å². The minimum absolute atomic E-state index is 0.